The molecule has 0 saturated carbocycles. The molecule has 1 aliphatic heterocycles. The van der Waals surface area contributed by atoms with Crippen LogP contribution in [0.15, 0.2) is 0 Å². The molecule has 3 rings (SSSR count). The minimum Gasteiger partial charge on any atom is -0.384 e. The molecular formula is C22H34N2O3. The fourth-order valence-electron chi connectivity index (χ4n) is 4.75. The lowest BCUT2D eigenvalue weighted by Crippen LogP contribution is -2.42. The topological polar surface area (TPSA) is 51.5 Å². The summed E-state index contributed by atoms with van der Waals surface area (Å²) in [6.07, 6.45) is 7.26. The van der Waals surface area contributed by atoms with Gasteiger partial charge >= 0.3 is 0 Å². The van der Waals surface area contributed by atoms with Gasteiger partial charge in [-0.05, 0) is 50.5 Å². The van der Waals surface area contributed by atoms with Crippen molar-refractivity contribution in [3.8, 4) is 0 Å². The Kier molecular flexibility index (Phi) is 6.74. The zero-order valence-corrected chi connectivity index (χ0v) is 17.2. The van der Waals surface area contributed by atoms with Crippen LogP contribution >= 0.6 is 0 Å². The summed E-state index contributed by atoms with van der Waals surface area (Å²) in [6.45, 7) is 7.54. The minimum atomic E-state index is 0.160. The Labute approximate surface area is 163 Å². The molecular weight excluding hydrogens is 340 g/mol. The van der Waals surface area contributed by atoms with Gasteiger partial charge in [0.05, 0.1) is 13.0 Å². The summed E-state index contributed by atoms with van der Waals surface area (Å²) in [6, 6.07) is 0. The van der Waals surface area contributed by atoms with Gasteiger partial charge < -0.3 is 14.2 Å². The van der Waals surface area contributed by atoms with Crippen LogP contribution in [0.5, 0.6) is 0 Å². The molecule has 1 amide bonds. The number of fused-ring (bicyclic) bond motifs is 1. The second kappa shape index (κ2) is 9.05. The first-order valence-corrected chi connectivity index (χ1v) is 10.6. The van der Waals surface area contributed by atoms with Crippen molar-refractivity contribution in [3.63, 3.8) is 0 Å². The maximum atomic E-state index is 13.0. The van der Waals surface area contributed by atoms with Gasteiger partial charge in [-0.25, -0.2) is 0 Å². The lowest BCUT2D eigenvalue weighted by atomic mass is 9.91. The maximum absolute atomic E-state index is 13.0. The third kappa shape index (κ3) is 4.29. The summed E-state index contributed by atoms with van der Waals surface area (Å²) >= 11 is 0. The van der Waals surface area contributed by atoms with E-state index in [0.29, 0.717) is 25.4 Å². The van der Waals surface area contributed by atoms with Crippen LogP contribution in [0.2, 0.25) is 0 Å². The number of ether oxygens (including phenoxy) is 1. The van der Waals surface area contributed by atoms with Crippen molar-refractivity contribution < 1.29 is 14.3 Å². The fourth-order valence-corrected chi connectivity index (χ4v) is 4.75. The predicted molar refractivity (Wildman–Crippen MR) is 106 cm³/mol. The molecule has 0 radical (unpaired) electrons. The van der Waals surface area contributed by atoms with Crippen molar-refractivity contribution in [2.24, 2.45) is 5.92 Å². The van der Waals surface area contributed by atoms with E-state index in [0.717, 1.165) is 75.0 Å². The van der Waals surface area contributed by atoms with E-state index in [1.807, 2.05) is 4.90 Å². The largest absolute Gasteiger partial charge is 0.384 e. The number of hydrogen-bond donors (Lipinski definition) is 0. The Hall–Kier alpha value is -1.62. The van der Waals surface area contributed by atoms with Gasteiger partial charge in [0.15, 0.2) is 5.78 Å². The van der Waals surface area contributed by atoms with E-state index in [-0.39, 0.29) is 11.7 Å². The molecule has 1 aromatic heterocycles. The summed E-state index contributed by atoms with van der Waals surface area (Å²) < 4.78 is 7.61. The van der Waals surface area contributed by atoms with E-state index in [9.17, 15) is 9.59 Å². The Morgan fingerprint density at radius 3 is 2.81 bits per heavy atom. The van der Waals surface area contributed by atoms with Crippen LogP contribution in [0.1, 0.15) is 72.8 Å². The molecule has 0 bridgehead atoms. The second-order valence-corrected chi connectivity index (χ2v) is 8.15. The molecule has 0 unspecified atom stereocenters. The van der Waals surface area contributed by atoms with Gasteiger partial charge in [0.25, 0.3) is 0 Å². The smallest absolute Gasteiger partial charge is 0.227 e. The van der Waals surface area contributed by atoms with Crippen molar-refractivity contribution in [2.75, 3.05) is 26.8 Å². The highest BCUT2D eigenvalue weighted by molar-refractivity contribution is 6.01. The number of piperidine rings is 1. The highest BCUT2D eigenvalue weighted by atomic mass is 16.5. The Morgan fingerprint density at radius 1 is 1.26 bits per heavy atom. The van der Waals surface area contributed by atoms with Crippen LogP contribution < -0.4 is 0 Å². The van der Waals surface area contributed by atoms with Crippen LogP contribution in [0.4, 0.5) is 0 Å². The highest BCUT2D eigenvalue weighted by Crippen LogP contribution is 2.31. The third-order valence-electron chi connectivity index (χ3n) is 6.19. The number of unbranched alkanes of at least 4 members (excludes halogenated alkanes) is 1. The van der Waals surface area contributed by atoms with E-state index in [4.69, 9.17) is 4.74 Å². The van der Waals surface area contributed by atoms with Gasteiger partial charge in [-0.15, -0.1) is 0 Å². The third-order valence-corrected chi connectivity index (χ3v) is 6.19. The summed E-state index contributed by atoms with van der Waals surface area (Å²) in [5.41, 5.74) is 4.16. The van der Waals surface area contributed by atoms with Gasteiger partial charge in [-0.3, -0.25) is 9.59 Å². The van der Waals surface area contributed by atoms with Crippen LogP contribution in [-0.4, -0.2) is 48.0 Å². The number of methoxy groups -OCH3 is 1. The van der Waals surface area contributed by atoms with E-state index >= 15 is 0 Å². The van der Waals surface area contributed by atoms with Gasteiger partial charge in [-0.1, -0.05) is 13.3 Å². The minimum absolute atomic E-state index is 0.160. The van der Waals surface area contributed by atoms with Crippen molar-refractivity contribution >= 4 is 11.7 Å². The first kappa shape index (κ1) is 20.1. The van der Waals surface area contributed by atoms with Crippen LogP contribution in [-0.2, 0) is 28.9 Å². The number of nitrogens with zero attached hydrogens (tertiary/aromatic N) is 2. The average molecular weight is 375 g/mol. The van der Waals surface area contributed by atoms with Crippen molar-refractivity contribution in [1.29, 1.82) is 0 Å². The van der Waals surface area contributed by atoms with E-state index in [1.54, 1.807) is 7.11 Å². The molecule has 1 atom stereocenters. The number of ketones is 1. The zero-order valence-electron chi connectivity index (χ0n) is 17.2. The molecule has 27 heavy (non-hydrogen) atoms. The lowest BCUT2D eigenvalue weighted by Gasteiger charge is -2.32. The molecule has 1 fully saturated rings. The molecule has 2 aliphatic rings. The maximum Gasteiger partial charge on any atom is 0.227 e. The zero-order chi connectivity index (χ0) is 19.4. The van der Waals surface area contributed by atoms with Crippen LogP contribution in [0.3, 0.4) is 0 Å². The fraction of sp³-hybridized carbons (Fsp3) is 0.727. The Bertz CT molecular complexity index is 690. The molecule has 1 saturated heterocycles. The van der Waals surface area contributed by atoms with E-state index < -0.39 is 0 Å². The number of rotatable bonds is 7. The van der Waals surface area contributed by atoms with E-state index in [2.05, 4.69) is 18.4 Å². The number of hydrogen-bond acceptors (Lipinski definition) is 3. The first-order chi connectivity index (χ1) is 13.1. The highest BCUT2D eigenvalue weighted by Gasteiger charge is 2.31. The van der Waals surface area contributed by atoms with Crippen LogP contribution in [0.25, 0.3) is 0 Å². The Morgan fingerprint density at radius 2 is 2.07 bits per heavy atom. The molecule has 150 valence electrons. The second-order valence-electron chi connectivity index (χ2n) is 8.15. The number of carbonyl (C=O) groups is 2. The number of Topliss-reactive ketones (excluding diaryl/α,β-unsaturated/α-hetero) is 1. The van der Waals surface area contributed by atoms with E-state index in [1.165, 1.54) is 5.69 Å². The van der Waals surface area contributed by atoms with Gasteiger partial charge in [0.1, 0.15) is 0 Å². The number of aromatic nitrogens is 1. The summed E-state index contributed by atoms with van der Waals surface area (Å²) in [7, 11) is 1.72. The molecule has 5 nitrogen and oxygen atoms in total. The summed E-state index contributed by atoms with van der Waals surface area (Å²) in [5.74, 6) is 0.819. The van der Waals surface area contributed by atoms with Gasteiger partial charge in [-0.2, -0.15) is 0 Å². The number of likely N-dealkylation sites (tertiary alicyclic amines) is 1. The molecule has 5 heteroatoms. The first-order valence-electron chi connectivity index (χ1n) is 10.6. The molecule has 0 spiro atoms. The predicted octanol–water partition coefficient (Wildman–Crippen LogP) is 3.54. The summed E-state index contributed by atoms with van der Waals surface area (Å²) in [4.78, 5) is 27.7. The SMILES string of the molecule is CCCCn1c(C)c(CC(=O)N2CCC[C@H](COC)C2)c2c1CCCC2=O. The quantitative estimate of drug-likeness (QED) is 0.733. The van der Waals surface area contributed by atoms with Crippen molar-refractivity contribution in [1.82, 2.24) is 9.47 Å². The summed E-state index contributed by atoms with van der Waals surface area (Å²) in [5, 5.41) is 0. The number of carbonyl (C=O) groups excluding carboxylic acids is 2. The monoisotopic (exact) mass is 374 g/mol. The lowest BCUT2D eigenvalue weighted by molar-refractivity contribution is -0.132. The van der Waals surface area contributed by atoms with Gasteiger partial charge in [0, 0.05) is 50.1 Å². The molecule has 0 aromatic carbocycles. The molecule has 1 aliphatic carbocycles. The van der Waals surface area contributed by atoms with Crippen molar-refractivity contribution in [2.45, 2.75) is 71.8 Å². The Balaban J connectivity index is 1.82. The number of amides is 1. The molecule has 2 heterocycles. The molecule has 1 aromatic rings. The van der Waals surface area contributed by atoms with Crippen molar-refractivity contribution in [3.05, 3.63) is 22.5 Å². The van der Waals surface area contributed by atoms with Gasteiger partial charge in [0.2, 0.25) is 5.91 Å². The molecule has 0 N–H and O–H groups in total. The average Bonchev–Trinajstić information content (AvgIpc) is 2.93. The normalized spacial score (nSPS) is 20.0. The van der Waals surface area contributed by atoms with Crippen LogP contribution in [0, 0.1) is 12.8 Å². The standard InChI is InChI=1S/C22H34N2O3/c1-4-5-12-24-16(2)18(22-19(24)9-6-10-20(22)25)13-21(26)23-11-7-8-17(14-23)15-27-3/h17H,4-15H2,1-3H3/t17-/m0/s1.